The lowest BCUT2D eigenvalue weighted by molar-refractivity contribution is -0.127. The van der Waals surface area contributed by atoms with Gasteiger partial charge in [-0.3, -0.25) is 4.79 Å². The number of hydrogen-bond donors (Lipinski definition) is 2. The molecule has 0 aromatic heterocycles. The molecule has 0 fully saturated rings. The lowest BCUT2D eigenvalue weighted by Crippen LogP contribution is -2.43. The first-order valence-corrected chi connectivity index (χ1v) is 5.80. The molecule has 17 heavy (non-hydrogen) atoms. The molecule has 0 saturated heterocycles. The molecule has 1 unspecified atom stereocenters. The first-order chi connectivity index (χ1) is 7.71. The van der Waals surface area contributed by atoms with Gasteiger partial charge in [0.15, 0.2) is 0 Å². The van der Waals surface area contributed by atoms with Crippen LogP contribution in [0, 0.1) is 0 Å². The van der Waals surface area contributed by atoms with Crippen LogP contribution in [0.4, 0.5) is 0 Å². The molecule has 3 heteroatoms. The van der Waals surface area contributed by atoms with Crippen LogP contribution in [0.1, 0.15) is 39.7 Å². The van der Waals surface area contributed by atoms with Crippen molar-refractivity contribution in [3.05, 3.63) is 35.9 Å². The second kappa shape index (κ2) is 4.88. The molecular weight excluding hydrogens is 214 g/mol. The van der Waals surface area contributed by atoms with Gasteiger partial charge < -0.3 is 10.4 Å². The highest BCUT2D eigenvalue weighted by Crippen LogP contribution is 2.24. The molecule has 0 bridgehead atoms. The van der Waals surface area contributed by atoms with Crippen molar-refractivity contribution in [2.75, 3.05) is 0 Å². The van der Waals surface area contributed by atoms with E-state index in [0.29, 0.717) is 0 Å². The molecule has 0 spiro atoms. The van der Waals surface area contributed by atoms with E-state index in [4.69, 9.17) is 0 Å². The van der Waals surface area contributed by atoms with Crippen LogP contribution in [0.3, 0.4) is 0 Å². The standard InChI is InChI=1S/C14H21NO2/c1-13(2,3)15-12(16)10-14(4,17)11-8-6-5-7-9-11/h5-9,17H,10H2,1-4H3,(H,15,16). The van der Waals surface area contributed by atoms with Gasteiger partial charge in [0.1, 0.15) is 0 Å². The predicted molar refractivity (Wildman–Crippen MR) is 68.5 cm³/mol. The topological polar surface area (TPSA) is 49.3 Å². The molecule has 1 rings (SSSR count). The van der Waals surface area contributed by atoms with Gasteiger partial charge in [-0.2, -0.15) is 0 Å². The molecule has 0 aliphatic heterocycles. The maximum absolute atomic E-state index is 11.8. The second-order valence-corrected chi connectivity index (χ2v) is 5.61. The second-order valence-electron chi connectivity index (χ2n) is 5.61. The minimum atomic E-state index is -1.13. The molecule has 3 nitrogen and oxygen atoms in total. The van der Waals surface area contributed by atoms with Gasteiger partial charge in [0.25, 0.3) is 0 Å². The van der Waals surface area contributed by atoms with Gasteiger partial charge in [0, 0.05) is 5.54 Å². The highest BCUT2D eigenvalue weighted by molar-refractivity contribution is 5.77. The molecule has 0 heterocycles. The molecule has 0 radical (unpaired) electrons. The van der Waals surface area contributed by atoms with E-state index in [9.17, 15) is 9.90 Å². The zero-order chi connectivity index (χ0) is 13.1. The van der Waals surface area contributed by atoms with Crippen molar-refractivity contribution in [2.24, 2.45) is 0 Å². The summed E-state index contributed by atoms with van der Waals surface area (Å²) in [5, 5.41) is 13.1. The van der Waals surface area contributed by atoms with Crippen LogP contribution in [0.5, 0.6) is 0 Å². The monoisotopic (exact) mass is 235 g/mol. The van der Waals surface area contributed by atoms with Crippen LogP contribution >= 0.6 is 0 Å². The van der Waals surface area contributed by atoms with Crippen molar-refractivity contribution in [2.45, 2.75) is 45.3 Å². The molecule has 2 N–H and O–H groups in total. The van der Waals surface area contributed by atoms with Crippen LogP contribution in [0.2, 0.25) is 0 Å². The summed E-state index contributed by atoms with van der Waals surface area (Å²) in [5.74, 6) is -0.147. The van der Waals surface area contributed by atoms with E-state index >= 15 is 0 Å². The van der Waals surface area contributed by atoms with Crippen molar-refractivity contribution >= 4 is 5.91 Å². The Morgan fingerprint density at radius 1 is 1.18 bits per heavy atom. The minimum Gasteiger partial charge on any atom is -0.385 e. The SMILES string of the molecule is CC(C)(C)NC(=O)CC(C)(O)c1ccccc1. The van der Waals surface area contributed by atoms with Gasteiger partial charge in [-0.1, -0.05) is 30.3 Å². The number of nitrogens with one attached hydrogen (secondary N) is 1. The molecule has 0 aliphatic rings. The number of benzene rings is 1. The summed E-state index contributed by atoms with van der Waals surface area (Å²) in [7, 11) is 0. The lowest BCUT2D eigenvalue weighted by atomic mass is 9.92. The van der Waals surface area contributed by atoms with Crippen molar-refractivity contribution in [1.29, 1.82) is 0 Å². The van der Waals surface area contributed by atoms with Crippen molar-refractivity contribution in [1.82, 2.24) is 5.32 Å². The normalized spacial score (nSPS) is 15.1. The largest absolute Gasteiger partial charge is 0.385 e. The number of amides is 1. The molecule has 94 valence electrons. The zero-order valence-corrected chi connectivity index (χ0v) is 10.9. The highest BCUT2D eigenvalue weighted by atomic mass is 16.3. The number of hydrogen-bond acceptors (Lipinski definition) is 2. The lowest BCUT2D eigenvalue weighted by Gasteiger charge is -2.26. The summed E-state index contributed by atoms with van der Waals surface area (Å²) in [4.78, 5) is 11.8. The van der Waals surface area contributed by atoms with Gasteiger partial charge in [-0.15, -0.1) is 0 Å². The van der Waals surface area contributed by atoms with Gasteiger partial charge in [0.2, 0.25) is 5.91 Å². The molecule has 1 aromatic rings. The average molecular weight is 235 g/mol. The van der Waals surface area contributed by atoms with Crippen LogP contribution in [0.25, 0.3) is 0 Å². The summed E-state index contributed by atoms with van der Waals surface area (Å²) in [6.07, 6.45) is 0.0638. The number of carbonyl (C=O) groups excluding carboxylic acids is 1. The van der Waals surface area contributed by atoms with E-state index in [2.05, 4.69) is 5.32 Å². The minimum absolute atomic E-state index is 0.0638. The van der Waals surface area contributed by atoms with Crippen molar-refractivity contribution in [3.63, 3.8) is 0 Å². The van der Waals surface area contributed by atoms with Crippen molar-refractivity contribution < 1.29 is 9.90 Å². The number of carbonyl (C=O) groups is 1. The van der Waals surface area contributed by atoms with E-state index in [1.807, 2.05) is 51.1 Å². The molecule has 1 atom stereocenters. The van der Waals surface area contributed by atoms with Gasteiger partial charge in [0.05, 0.1) is 12.0 Å². The van der Waals surface area contributed by atoms with E-state index in [0.717, 1.165) is 5.56 Å². The third-order valence-corrected chi connectivity index (χ3v) is 2.41. The Balaban J connectivity index is 2.71. The summed E-state index contributed by atoms with van der Waals surface area (Å²) < 4.78 is 0. The Morgan fingerprint density at radius 2 is 1.71 bits per heavy atom. The molecule has 1 aromatic carbocycles. The van der Waals surface area contributed by atoms with Crippen LogP contribution in [0.15, 0.2) is 30.3 Å². The molecule has 0 saturated carbocycles. The Kier molecular flexibility index (Phi) is 3.94. The Morgan fingerprint density at radius 3 is 2.18 bits per heavy atom. The fourth-order valence-electron chi connectivity index (χ4n) is 1.67. The average Bonchev–Trinajstić information content (AvgIpc) is 2.15. The first-order valence-electron chi connectivity index (χ1n) is 5.80. The van der Waals surface area contributed by atoms with Crippen LogP contribution in [-0.2, 0) is 10.4 Å². The smallest absolute Gasteiger partial charge is 0.223 e. The Hall–Kier alpha value is -1.35. The van der Waals surface area contributed by atoms with E-state index < -0.39 is 5.60 Å². The Labute approximate surface area is 103 Å². The third-order valence-electron chi connectivity index (χ3n) is 2.41. The molecule has 0 aliphatic carbocycles. The Bertz CT molecular complexity index is 377. The van der Waals surface area contributed by atoms with Gasteiger partial charge in [-0.05, 0) is 33.3 Å². The summed E-state index contributed by atoms with van der Waals surface area (Å²) in [6.45, 7) is 7.41. The van der Waals surface area contributed by atoms with Gasteiger partial charge >= 0.3 is 0 Å². The predicted octanol–water partition coefficient (Wildman–Crippen LogP) is 2.20. The zero-order valence-electron chi connectivity index (χ0n) is 10.9. The fraction of sp³-hybridized carbons (Fsp3) is 0.500. The van der Waals surface area contributed by atoms with E-state index in [1.165, 1.54) is 0 Å². The summed E-state index contributed by atoms with van der Waals surface area (Å²) in [5.41, 5.74) is -0.649. The number of rotatable bonds is 3. The maximum Gasteiger partial charge on any atom is 0.223 e. The number of aliphatic hydroxyl groups is 1. The molecular formula is C14H21NO2. The molecule has 1 amide bonds. The summed E-state index contributed by atoms with van der Waals surface area (Å²) in [6, 6.07) is 9.24. The van der Waals surface area contributed by atoms with E-state index in [-0.39, 0.29) is 17.9 Å². The summed E-state index contributed by atoms with van der Waals surface area (Å²) >= 11 is 0. The highest BCUT2D eigenvalue weighted by Gasteiger charge is 2.27. The third kappa shape index (κ3) is 4.57. The van der Waals surface area contributed by atoms with Crippen LogP contribution in [-0.4, -0.2) is 16.6 Å². The first kappa shape index (κ1) is 13.7. The maximum atomic E-state index is 11.8. The van der Waals surface area contributed by atoms with Crippen LogP contribution < -0.4 is 5.32 Å². The fourth-order valence-corrected chi connectivity index (χ4v) is 1.67. The van der Waals surface area contributed by atoms with Gasteiger partial charge in [-0.25, -0.2) is 0 Å². The van der Waals surface area contributed by atoms with Crippen molar-refractivity contribution in [3.8, 4) is 0 Å². The quantitative estimate of drug-likeness (QED) is 0.843. The van der Waals surface area contributed by atoms with E-state index in [1.54, 1.807) is 6.92 Å².